The molecule has 1 aromatic rings. The summed E-state index contributed by atoms with van der Waals surface area (Å²) in [4.78, 5) is 15.4. The zero-order valence-electron chi connectivity index (χ0n) is 10.2. The van der Waals surface area contributed by atoms with Crippen LogP contribution in [0.1, 0.15) is 45.2 Å². The molecule has 1 amide bonds. The predicted octanol–water partition coefficient (Wildman–Crippen LogP) is 2.80. The third-order valence-electron chi connectivity index (χ3n) is 1.56. The topological polar surface area (TPSA) is 42.0 Å². The highest BCUT2D eigenvalue weighted by molar-refractivity contribution is 5.92. The van der Waals surface area contributed by atoms with Crippen LogP contribution in [0.25, 0.3) is 0 Å². The van der Waals surface area contributed by atoms with Crippen molar-refractivity contribution in [1.82, 2.24) is 10.3 Å². The van der Waals surface area contributed by atoms with Crippen molar-refractivity contribution in [3.8, 4) is 0 Å². The van der Waals surface area contributed by atoms with Gasteiger partial charge in [-0.25, -0.2) is 0 Å². The van der Waals surface area contributed by atoms with Gasteiger partial charge in [0, 0.05) is 13.7 Å². The average Bonchev–Trinajstić information content (AvgIpc) is 2.20. The maximum Gasteiger partial charge on any atom is 0.270 e. The second kappa shape index (κ2) is 6.98. The number of hydrogen-bond donors (Lipinski definition) is 1. The molecule has 0 aromatic carbocycles. The van der Waals surface area contributed by atoms with Gasteiger partial charge < -0.3 is 5.32 Å². The number of carbonyl (C=O) groups is 1. The number of nitrogens with zero attached hydrogens (tertiary/aromatic N) is 1. The second-order valence-electron chi connectivity index (χ2n) is 3.35. The molecule has 0 aliphatic carbocycles. The van der Waals surface area contributed by atoms with E-state index in [1.54, 1.807) is 12.3 Å². The monoisotopic (exact) mass is 210 g/mol. The number of amides is 1. The SMILES string of the molecule is CC.Cc1ccc(C(=O)NC(C)C)nc1.[HH]. The van der Waals surface area contributed by atoms with Gasteiger partial charge in [-0.15, -0.1) is 0 Å². The van der Waals surface area contributed by atoms with E-state index in [9.17, 15) is 4.79 Å². The second-order valence-corrected chi connectivity index (χ2v) is 3.35. The molecular weight excluding hydrogens is 188 g/mol. The Balaban J connectivity index is 0. The molecule has 0 fully saturated rings. The van der Waals surface area contributed by atoms with E-state index in [2.05, 4.69) is 10.3 Å². The molecule has 1 heterocycles. The van der Waals surface area contributed by atoms with Gasteiger partial charge in [0.2, 0.25) is 0 Å². The molecule has 86 valence electrons. The van der Waals surface area contributed by atoms with Gasteiger partial charge >= 0.3 is 0 Å². The van der Waals surface area contributed by atoms with Gasteiger partial charge in [0.05, 0.1) is 0 Å². The first-order valence-electron chi connectivity index (χ1n) is 5.33. The highest BCUT2D eigenvalue weighted by atomic mass is 16.1. The van der Waals surface area contributed by atoms with Crippen molar-refractivity contribution in [2.45, 2.75) is 40.7 Å². The Morgan fingerprint density at radius 1 is 1.40 bits per heavy atom. The predicted molar refractivity (Wildman–Crippen MR) is 65.0 cm³/mol. The van der Waals surface area contributed by atoms with Crippen molar-refractivity contribution in [2.24, 2.45) is 0 Å². The van der Waals surface area contributed by atoms with Gasteiger partial charge in [0.1, 0.15) is 5.69 Å². The largest absolute Gasteiger partial charge is 0.349 e. The molecule has 15 heavy (non-hydrogen) atoms. The van der Waals surface area contributed by atoms with Crippen LogP contribution < -0.4 is 5.32 Å². The maximum atomic E-state index is 11.4. The zero-order chi connectivity index (χ0) is 11.8. The van der Waals surface area contributed by atoms with Crippen LogP contribution in [-0.4, -0.2) is 16.9 Å². The van der Waals surface area contributed by atoms with Gasteiger partial charge in [-0.3, -0.25) is 9.78 Å². The van der Waals surface area contributed by atoms with E-state index in [0.717, 1.165) is 5.56 Å². The number of aryl methyl sites for hydroxylation is 1. The summed E-state index contributed by atoms with van der Waals surface area (Å²) in [5.41, 5.74) is 1.53. The van der Waals surface area contributed by atoms with Crippen molar-refractivity contribution >= 4 is 5.91 Å². The minimum Gasteiger partial charge on any atom is -0.349 e. The molecule has 0 saturated heterocycles. The molecule has 0 aliphatic rings. The maximum absolute atomic E-state index is 11.4. The standard InChI is InChI=1S/C10H14N2O.C2H6.H2/c1-7(2)12-10(13)9-5-4-8(3)6-11-9;1-2;/h4-7H,1-3H3,(H,12,13);1-2H3;1H. The summed E-state index contributed by atoms with van der Waals surface area (Å²) in [6.45, 7) is 9.79. The quantitative estimate of drug-likeness (QED) is 0.815. The lowest BCUT2D eigenvalue weighted by molar-refractivity contribution is 0.0938. The summed E-state index contributed by atoms with van der Waals surface area (Å²) in [6, 6.07) is 3.76. The first-order valence-corrected chi connectivity index (χ1v) is 5.33. The molecule has 0 aliphatic heterocycles. The molecule has 3 nitrogen and oxygen atoms in total. The first kappa shape index (κ1) is 13.6. The number of aromatic nitrogens is 1. The van der Waals surface area contributed by atoms with Crippen LogP contribution in [0.2, 0.25) is 0 Å². The molecule has 0 bridgehead atoms. The highest BCUT2D eigenvalue weighted by Gasteiger charge is 2.06. The summed E-state index contributed by atoms with van der Waals surface area (Å²) in [7, 11) is 0. The fourth-order valence-electron chi connectivity index (χ4n) is 0.938. The number of pyridine rings is 1. The molecular formula is C12H22N2O. The third kappa shape index (κ3) is 5.15. The van der Waals surface area contributed by atoms with Crippen molar-refractivity contribution in [3.63, 3.8) is 0 Å². The van der Waals surface area contributed by atoms with Crippen LogP contribution in [0.3, 0.4) is 0 Å². The molecule has 0 radical (unpaired) electrons. The van der Waals surface area contributed by atoms with Crippen molar-refractivity contribution < 1.29 is 6.22 Å². The lowest BCUT2D eigenvalue weighted by atomic mass is 10.2. The molecule has 0 spiro atoms. The van der Waals surface area contributed by atoms with E-state index in [-0.39, 0.29) is 13.4 Å². The van der Waals surface area contributed by atoms with Crippen molar-refractivity contribution in [3.05, 3.63) is 29.6 Å². The fraction of sp³-hybridized carbons (Fsp3) is 0.500. The van der Waals surface area contributed by atoms with Crippen LogP contribution in [0.5, 0.6) is 0 Å². The van der Waals surface area contributed by atoms with Gasteiger partial charge in [-0.2, -0.15) is 0 Å². The molecule has 0 atom stereocenters. The van der Waals surface area contributed by atoms with E-state index in [0.29, 0.717) is 5.69 Å². The normalized spacial score (nSPS) is 9.20. The Hall–Kier alpha value is -1.38. The minimum absolute atomic E-state index is 0. The van der Waals surface area contributed by atoms with Gasteiger partial charge in [0.15, 0.2) is 0 Å². The Labute approximate surface area is 93.4 Å². The molecule has 1 rings (SSSR count). The highest BCUT2D eigenvalue weighted by Crippen LogP contribution is 1.98. The number of nitrogens with one attached hydrogen (secondary N) is 1. The molecule has 1 aromatic heterocycles. The lowest BCUT2D eigenvalue weighted by Gasteiger charge is -2.07. The van der Waals surface area contributed by atoms with Gasteiger partial charge in [-0.1, -0.05) is 19.9 Å². The Kier molecular flexibility index (Phi) is 6.34. The van der Waals surface area contributed by atoms with Crippen LogP contribution in [0.4, 0.5) is 0 Å². The summed E-state index contributed by atoms with van der Waals surface area (Å²) in [6.07, 6.45) is 1.69. The average molecular weight is 210 g/mol. The summed E-state index contributed by atoms with van der Waals surface area (Å²) < 4.78 is 0. The smallest absolute Gasteiger partial charge is 0.270 e. The fourth-order valence-corrected chi connectivity index (χ4v) is 0.938. The summed E-state index contributed by atoms with van der Waals surface area (Å²) >= 11 is 0. The number of carbonyl (C=O) groups excluding carboxylic acids is 1. The molecule has 0 unspecified atom stereocenters. The first-order chi connectivity index (χ1) is 7.09. The molecule has 1 N–H and O–H groups in total. The van der Waals surface area contributed by atoms with Crippen LogP contribution in [0.15, 0.2) is 18.3 Å². The summed E-state index contributed by atoms with van der Waals surface area (Å²) in [5.74, 6) is -0.116. The molecule has 3 heteroatoms. The van der Waals surface area contributed by atoms with Crippen LogP contribution in [0, 0.1) is 6.92 Å². The number of hydrogen-bond acceptors (Lipinski definition) is 2. The van der Waals surface area contributed by atoms with E-state index < -0.39 is 0 Å². The molecule has 0 saturated carbocycles. The Morgan fingerprint density at radius 2 is 2.00 bits per heavy atom. The van der Waals surface area contributed by atoms with Crippen LogP contribution in [-0.2, 0) is 0 Å². The minimum atomic E-state index is -0.116. The third-order valence-corrected chi connectivity index (χ3v) is 1.56. The van der Waals surface area contributed by atoms with E-state index in [1.165, 1.54) is 0 Å². The van der Waals surface area contributed by atoms with E-state index in [4.69, 9.17) is 0 Å². The van der Waals surface area contributed by atoms with Gasteiger partial charge in [-0.05, 0) is 32.4 Å². The number of rotatable bonds is 2. The van der Waals surface area contributed by atoms with Crippen LogP contribution >= 0.6 is 0 Å². The van der Waals surface area contributed by atoms with Crippen molar-refractivity contribution in [2.75, 3.05) is 0 Å². The Morgan fingerprint density at radius 3 is 2.40 bits per heavy atom. The van der Waals surface area contributed by atoms with Gasteiger partial charge in [0.25, 0.3) is 5.91 Å². The lowest BCUT2D eigenvalue weighted by Crippen LogP contribution is -2.30. The van der Waals surface area contributed by atoms with E-state index in [1.807, 2.05) is 40.7 Å². The van der Waals surface area contributed by atoms with E-state index >= 15 is 0 Å². The Bertz CT molecular complexity index is 296. The summed E-state index contributed by atoms with van der Waals surface area (Å²) in [5, 5.41) is 2.78. The van der Waals surface area contributed by atoms with Crippen molar-refractivity contribution in [1.29, 1.82) is 0 Å². The zero-order valence-corrected chi connectivity index (χ0v) is 10.2.